The van der Waals surface area contributed by atoms with Gasteiger partial charge in [-0.3, -0.25) is 0 Å². The molecule has 3 N–H and O–H groups in total. The lowest BCUT2D eigenvalue weighted by Gasteiger charge is -1.96. The molecule has 0 atom stereocenters. The highest BCUT2D eigenvalue weighted by Crippen LogP contribution is 2.23. The summed E-state index contributed by atoms with van der Waals surface area (Å²) in [5.41, 5.74) is 7.02. The Morgan fingerprint density at radius 3 is 2.52 bits per heavy atom. The summed E-state index contributed by atoms with van der Waals surface area (Å²) in [6.07, 6.45) is 4.60. The molecule has 1 fully saturated rings. The van der Waals surface area contributed by atoms with Gasteiger partial charge in [-0.05, 0) is 18.9 Å². The van der Waals surface area contributed by atoms with E-state index in [1.165, 1.54) is 18.9 Å². The number of benzene rings is 1. The number of nitrogens with two attached hydrogens (primary N) is 1. The van der Waals surface area contributed by atoms with Crippen molar-refractivity contribution in [2.75, 3.05) is 0 Å². The number of halogens is 1. The average molecular weight is 294 g/mol. The monoisotopic (exact) mass is 294 g/mol. The van der Waals surface area contributed by atoms with Crippen molar-refractivity contribution in [3.8, 4) is 0 Å². The summed E-state index contributed by atoms with van der Waals surface area (Å²) < 4.78 is 18.8. The summed E-state index contributed by atoms with van der Waals surface area (Å²) in [4.78, 5) is 4.27. The Hall–Kier alpha value is -1.46. The number of nitrogens with zero attached hydrogens (tertiary/aromatic N) is 1. The molecule has 116 valence electrons. The molecule has 0 unspecified atom stereocenters. The highest BCUT2D eigenvalue weighted by Gasteiger charge is 2.12. The third-order valence-corrected chi connectivity index (χ3v) is 3.61. The lowest BCUT2D eigenvalue weighted by Crippen LogP contribution is -1.99. The molecule has 3 rings (SSSR count). The van der Waals surface area contributed by atoms with Crippen molar-refractivity contribution in [2.45, 2.75) is 58.1 Å². The quantitative estimate of drug-likeness (QED) is 0.889. The van der Waals surface area contributed by atoms with Crippen molar-refractivity contribution in [1.29, 1.82) is 0 Å². The highest BCUT2D eigenvalue weighted by molar-refractivity contribution is 5.73. The van der Waals surface area contributed by atoms with E-state index < -0.39 is 0 Å². The van der Waals surface area contributed by atoms with Crippen LogP contribution in [0, 0.1) is 5.82 Å². The fourth-order valence-electron chi connectivity index (χ4n) is 2.32. The van der Waals surface area contributed by atoms with E-state index in [4.69, 9.17) is 15.3 Å². The largest absolute Gasteiger partial charge is 0.440 e. The van der Waals surface area contributed by atoms with E-state index in [1.807, 2.05) is 13.8 Å². The number of aromatic nitrogens is 1. The van der Waals surface area contributed by atoms with Gasteiger partial charge in [0.15, 0.2) is 11.5 Å². The molecule has 1 saturated carbocycles. The van der Waals surface area contributed by atoms with E-state index in [9.17, 15) is 4.39 Å². The van der Waals surface area contributed by atoms with Crippen LogP contribution in [0.2, 0.25) is 0 Å². The van der Waals surface area contributed by atoms with Crippen LogP contribution in [0.25, 0.3) is 11.1 Å². The van der Waals surface area contributed by atoms with E-state index in [0.717, 1.165) is 12.8 Å². The first-order valence-electron chi connectivity index (χ1n) is 7.48. The van der Waals surface area contributed by atoms with Crippen LogP contribution in [-0.2, 0) is 6.54 Å². The molecule has 0 amide bonds. The van der Waals surface area contributed by atoms with E-state index in [1.54, 1.807) is 6.07 Å². The van der Waals surface area contributed by atoms with Gasteiger partial charge in [-0.15, -0.1) is 0 Å². The molecule has 0 radical (unpaired) electrons. The zero-order valence-electron chi connectivity index (χ0n) is 12.6. The van der Waals surface area contributed by atoms with E-state index in [0.29, 0.717) is 22.6 Å². The summed E-state index contributed by atoms with van der Waals surface area (Å²) in [6.45, 7) is 4.13. The van der Waals surface area contributed by atoms with Gasteiger partial charge in [-0.1, -0.05) is 26.7 Å². The van der Waals surface area contributed by atoms with Crippen LogP contribution in [0.4, 0.5) is 4.39 Å². The SMILES string of the molecule is CC(C)c1nc2cc(CN)c(F)cc2o1.OC1CCCC1. The lowest BCUT2D eigenvalue weighted by molar-refractivity contribution is 0.183. The number of hydrogen-bond donors (Lipinski definition) is 2. The smallest absolute Gasteiger partial charge is 0.198 e. The number of rotatable bonds is 2. The lowest BCUT2D eigenvalue weighted by atomic mass is 10.2. The number of oxazole rings is 1. The van der Waals surface area contributed by atoms with Crippen LogP contribution in [0.15, 0.2) is 16.5 Å². The molecule has 0 spiro atoms. The molecule has 1 aliphatic rings. The normalized spacial score (nSPS) is 15.5. The van der Waals surface area contributed by atoms with Gasteiger partial charge in [-0.25, -0.2) is 9.37 Å². The molecule has 1 heterocycles. The fraction of sp³-hybridized carbons (Fsp3) is 0.562. The van der Waals surface area contributed by atoms with Crippen LogP contribution >= 0.6 is 0 Å². The molecular formula is C16H23FN2O2. The van der Waals surface area contributed by atoms with Gasteiger partial charge in [0.2, 0.25) is 0 Å². The Labute approximate surface area is 124 Å². The Bertz CT molecular complexity index is 589. The number of aliphatic hydroxyl groups excluding tert-OH is 1. The van der Waals surface area contributed by atoms with Crippen molar-refractivity contribution in [3.05, 3.63) is 29.4 Å². The number of fused-ring (bicyclic) bond motifs is 1. The molecule has 1 aromatic carbocycles. The summed E-state index contributed by atoms with van der Waals surface area (Å²) in [5.74, 6) is 0.483. The van der Waals surface area contributed by atoms with Gasteiger partial charge in [-0.2, -0.15) is 0 Å². The first kappa shape index (κ1) is 15.9. The van der Waals surface area contributed by atoms with E-state index in [2.05, 4.69) is 4.98 Å². The summed E-state index contributed by atoms with van der Waals surface area (Å²) >= 11 is 0. The molecule has 1 aliphatic carbocycles. The Kier molecular flexibility index (Phi) is 5.31. The molecule has 5 heteroatoms. The maximum atomic E-state index is 13.4. The van der Waals surface area contributed by atoms with Gasteiger partial charge in [0.25, 0.3) is 0 Å². The van der Waals surface area contributed by atoms with Crippen LogP contribution in [0.5, 0.6) is 0 Å². The van der Waals surface area contributed by atoms with Gasteiger partial charge in [0.05, 0.1) is 6.10 Å². The van der Waals surface area contributed by atoms with Crippen molar-refractivity contribution in [2.24, 2.45) is 5.73 Å². The van der Waals surface area contributed by atoms with Crippen molar-refractivity contribution >= 4 is 11.1 Å². The second-order valence-corrected chi connectivity index (χ2v) is 5.76. The van der Waals surface area contributed by atoms with Gasteiger partial charge in [0.1, 0.15) is 11.3 Å². The van der Waals surface area contributed by atoms with Crippen LogP contribution in [-0.4, -0.2) is 16.2 Å². The average Bonchev–Trinajstić information content (AvgIpc) is 3.06. The summed E-state index contributed by atoms with van der Waals surface area (Å²) in [6, 6.07) is 2.98. The fourth-order valence-corrected chi connectivity index (χ4v) is 2.32. The maximum Gasteiger partial charge on any atom is 0.198 e. The molecule has 21 heavy (non-hydrogen) atoms. The zero-order valence-corrected chi connectivity index (χ0v) is 12.6. The summed E-state index contributed by atoms with van der Waals surface area (Å²) in [7, 11) is 0. The third-order valence-electron chi connectivity index (χ3n) is 3.61. The Balaban J connectivity index is 0.000000225. The van der Waals surface area contributed by atoms with Crippen molar-refractivity contribution < 1.29 is 13.9 Å². The maximum absolute atomic E-state index is 13.4. The first-order valence-corrected chi connectivity index (χ1v) is 7.48. The number of hydrogen-bond acceptors (Lipinski definition) is 4. The Morgan fingerprint density at radius 2 is 2.05 bits per heavy atom. The molecule has 1 aromatic heterocycles. The minimum absolute atomic E-state index is 0.0463. The zero-order chi connectivity index (χ0) is 15.4. The topological polar surface area (TPSA) is 72.3 Å². The van der Waals surface area contributed by atoms with Gasteiger partial charge >= 0.3 is 0 Å². The van der Waals surface area contributed by atoms with Crippen molar-refractivity contribution in [3.63, 3.8) is 0 Å². The van der Waals surface area contributed by atoms with Gasteiger partial charge in [0, 0.05) is 24.1 Å². The predicted octanol–water partition coefficient (Wildman–Crippen LogP) is 3.47. The third kappa shape index (κ3) is 4.02. The van der Waals surface area contributed by atoms with Crippen LogP contribution in [0.3, 0.4) is 0 Å². The standard InChI is InChI=1S/C11H13FN2O.C5H10O/c1-6(2)11-14-9-3-7(5-13)8(12)4-10(9)15-11;6-5-3-1-2-4-5/h3-4,6H,5,13H2,1-2H3;5-6H,1-4H2. The molecular weight excluding hydrogens is 271 g/mol. The molecule has 0 saturated heterocycles. The van der Waals surface area contributed by atoms with Crippen LogP contribution < -0.4 is 5.73 Å². The molecule has 0 aliphatic heterocycles. The highest BCUT2D eigenvalue weighted by atomic mass is 19.1. The Morgan fingerprint density at radius 1 is 1.38 bits per heavy atom. The van der Waals surface area contributed by atoms with Gasteiger partial charge < -0.3 is 15.3 Å². The summed E-state index contributed by atoms with van der Waals surface area (Å²) in [5, 5.41) is 8.73. The second-order valence-electron chi connectivity index (χ2n) is 5.76. The minimum Gasteiger partial charge on any atom is -0.440 e. The van der Waals surface area contributed by atoms with E-state index in [-0.39, 0.29) is 24.4 Å². The van der Waals surface area contributed by atoms with E-state index >= 15 is 0 Å². The second kappa shape index (κ2) is 7.00. The predicted molar refractivity (Wildman–Crippen MR) is 80.4 cm³/mol. The first-order chi connectivity index (χ1) is 10.0. The molecule has 4 nitrogen and oxygen atoms in total. The number of aliphatic hydroxyl groups is 1. The van der Waals surface area contributed by atoms with Crippen molar-refractivity contribution in [1.82, 2.24) is 4.98 Å². The van der Waals surface area contributed by atoms with Crippen LogP contribution in [0.1, 0.15) is 56.9 Å². The minimum atomic E-state index is -0.337. The molecule has 2 aromatic rings. The molecule has 0 bridgehead atoms.